The highest BCUT2D eigenvalue weighted by Gasteiger charge is 2.50. The molecule has 0 unspecified atom stereocenters. The third-order valence-corrected chi connectivity index (χ3v) is 6.99. The minimum Gasteiger partial charge on any atom is -0.294 e. The Labute approximate surface area is 157 Å². The van der Waals surface area contributed by atoms with Crippen molar-refractivity contribution in [2.45, 2.75) is 51.9 Å². The number of thiazole rings is 1. The first-order chi connectivity index (χ1) is 11.9. The molecule has 1 heterocycles. The van der Waals surface area contributed by atoms with Crippen molar-refractivity contribution in [1.29, 1.82) is 0 Å². The Kier molecular flexibility index (Phi) is 3.93. The van der Waals surface area contributed by atoms with E-state index in [-0.39, 0.29) is 5.41 Å². The van der Waals surface area contributed by atoms with Gasteiger partial charge in [-0.15, -0.1) is 11.3 Å². The SMILES string of the molecule is CC[C@@]1(c2ccccc2)C2=C(Cc3nc(Cl)sc31)CC(C)(C)CC2=O. The van der Waals surface area contributed by atoms with E-state index < -0.39 is 5.41 Å². The minimum atomic E-state index is -0.400. The largest absolute Gasteiger partial charge is 0.294 e. The van der Waals surface area contributed by atoms with E-state index in [0.29, 0.717) is 16.7 Å². The highest BCUT2D eigenvalue weighted by atomic mass is 35.5. The van der Waals surface area contributed by atoms with Gasteiger partial charge >= 0.3 is 0 Å². The smallest absolute Gasteiger partial charge is 0.184 e. The van der Waals surface area contributed by atoms with Crippen LogP contribution >= 0.6 is 22.9 Å². The number of fused-ring (bicyclic) bond motifs is 1. The van der Waals surface area contributed by atoms with Crippen LogP contribution < -0.4 is 0 Å². The van der Waals surface area contributed by atoms with Gasteiger partial charge in [-0.1, -0.05) is 68.3 Å². The van der Waals surface area contributed by atoms with Crippen molar-refractivity contribution < 1.29 is 4.79 Å². The number of ketones is 1. The number of hydrogen-bond acceptors (Lipinski definition) is 3. The fourth-order valence-corrected chi connectivity index (χ4v) is 6.20. The summed E-state index contributed by atoms with van der Waals surface area (Å²) in [6.45, 7) is 6.55. The Bertz CT molecular complexity index is 881. The van der Waals surface area contributed by atoms with Crippen LogP contribution in [0, 0.1) is 5.41 Å². The average Bonchev–Trinajstić information content (AvgIpc) is 2.92. The summed E-state index contributed by atoms with van der Waals surface area (Å²) in [4.78, 5) is 19.1. The van der Waals surface area contributed by atoms with Gasteiger partial charge in [0.05, 0.1) is 11.1 Å². The first kappa shape index (κ1) is 17.0. The normalized spacial score (nSPS) is 24.9. The predicted molar refractivity (Wildman–Crippen MR) is 103 cm³/mol. The average molecular weight is 372 g/mol. The number of nitrogens with zero attached hydrogens (tertiary/aromatic N) is 1. The van der Waals surface area contributed by atoms with Crippen LogP contribution in [0.1, 0.15) is 56.2 Å². The number of rotatable bonds is 2. The third-order valence-electron chi connectivity index (χ3n) is 5.63. The first-order valence-corrected chi connectivity index (χ1v) is 10.0. The fraction of sp³-hybridized carbons (Fsp3) is 0.429. The highest BCUT2D eigenvalue weighted by Crippen LogP contribution is 2.55. The quantitative estimate of drug-likeness (QED) is 0.674. The second-order valence-corrected chi connectivity index (χ2v) is 9.55. The van der Waals surface area contributed by atoms with Crippen molar-refractivity contribution in [3.63, 3.8) is 0 Å². The van der Waals surface area contributed by atoms with E-state index in [9.17, 15) is 4.79 Å². The molecular formula is C21H22ClNOS. The summed E-state index contributed by atoms with van der Waals surface area (Å²) in [7, 11) is 0. The third kappa shape index (κ3) is 2.51. The van der Waals surface area contributed by atoms with Gasteiger partial charge in [-0.3, -0.25) is 4.79 Å². The van der Waals surface area contributed by atoms with Gasteiger partial charge in [0.1, 0.15) is 0 Å². The van der Waals surface area contributed by atoms with E-state index in [2.05, 4.69) is 50.0 Å². The molecular weight excluding hydrogens is 350 g/mol. The van der Waals surface area contributed by atoms with Crippen molar-refractivity contribution in [2.75, 3.05) is 0 Å². The van der Waals surface area contributed by atoms with E-state index in [1.165, 1.54) is 11.1 Å². The zero-order valence-electron chi connectivity index (χ0n) is 14.9. The molecule has 2 aliphatic rings. The monoisotopic (exact) mass is 371 g/mol. The lowest BCUT2D eigenvalue weighted by Crippen LogP contribution is -2.41. The van der Waals surface area contributed by atoms with Gasteiger partial charge in [-0.2, -0.15) is 0 Å². The van der Waals surface area contributed by atoms with Crippen LogP contribution in [0.3, 0.4) is 0 Å². The lowest BCUT2D eigenvalue weighted by atomic mass is 9.59. The second-order valence-electron chi connectivity index (χ2n) is 7.96. The molecule has 0 radical (unpaired) electrons. The number of carbonyl (C=O) groups excluding carboxylic acids is 1. The van der Waals surface area contributed by atoms with Crippen molar-refractivity contribution in [1.82, 2.24) is 4.98 Å². The molecule has 1 aromatic heterocycles. The van der Waals surface area contributed by atoms with Crippen molar-refractivity contribution in [3.05, 3.63) is 62.1 Å². The summed E-state index contributed by atoms with van der Waals surface area (Å²) < 4.78 is 0.574. The van der Waals surface area contributed by atoms with Crippen LogP contribution in [-0.2, 0) is 16.6 Å². The second kappa shape index (κ2) is 5.78. The molecule has 0 saturated heterocycles. The van der Waals surface area contributed by atoms with E-state index in [4.69, 9.17) is 11.6 Å². The molecule has 2 nitrogen and oxygen atoms in total. The maximum absolute atomic E-state index is 13.3. The number of benzene rings is 1. The topological polar surface area (TPSA) is 30.0 Å². The molecule has 1 aromatic carbocycles. The summed E-state index contributed by atoms with van der Waals surface area (Å²) in [6, 6.07) is 10.4. The number of carbonyl (C=O) groups is 1. The lowest BCUT2D eigenvalue weighted by Gasteiger charge is -2.44. The van der Waals surface area contributed by atoms with Gasteiger partial charge in [-0.25, -0.2) is 4.98 Å². The van der Waals surface area contributed by atoms with Crippen LogP contribution in [0.5, 0.6) is 0 Å². The maximum atomic E-state index is 13.3. The molecule has 2 aliphatic carbocycles. The molecule has 0 fully saturated rings. The number of allylic oxidation sites excluding steroid dienone is 2. The van der Waals surface area contributed by atoms with Crippen LogP contribution in [-0.4, -0.2) is 10.8 Å². The van der Waals surface area contributed by atoms with Crippen molar-refractivity contribution >= 4 is 28.7 Å². The molecule has 4 heteroatoms. The van der Waals surface area contributed by atoms with Gasteiger partial charge in [0.15, 0.2) is 10.3 Å². The Balaban J connectivity index is 2.04. The molecule has 0 aliphatic heterocycles. The van der Waals surface area contributed by atoms with Gasteiger partial charge < -0.3 is 0 Å². The number of halogens is 1. The Morgan fingerprint density at radius 3 is 2.60 bits per heavy atom. The summed E-state index contributed by atoms with van der Waals surface area (Å²) in [5, 5.41) is 0. The van der Waals surface area contributed by atoms with E-state index in [1.54, 1.807) is 11.3 Å². The Hall–Kier alpha value is -1.45. The van der Waals surface area contributed by atoms with Gasteiger partial charge in [0, 0.05) is 23.3 Å². The first-order valence-electron chi connectivity index (χ1n) is 8.84. The zero-order chi connectivity index (χ0) is 17.8. The molecule has 0 saturated carbocycles. The molecule has 25 heavy (non-hydrogen) atoms. The minimum absolute atomic E-state index is 0.0173. The lowest BCUT2D eigenvalue weighted by molar-refractivity contribution is -0.118. The molecule has 2 aromatic rings. The molecule has 0 spiro atoms. The van der Waals surface area contributed by atoms with Gasteiger partial charge in [-0.05, 0) is 23.8 Å². The molecule has 0 N–H and O–H groups in total. The Morgan fingerprint density at radius 2 is 1.92 bits per heavy atom. The summed E-state index contributed by atoms with van der Waals surface area (Å²) in [6.07, 6.45) is 3.17. The predicted octanol–water partition coefficient (Wildman–Crippen LogP) is 5.73. The molecule has 1 atom stereocenters. The summed E-state index contributed by atoms with van der Waals surface area (Å²) in [5.74, 6) is 0.298. The molecule has 4 rings (SSSR count). The molecule has 130 valence electrons. The van der Waals surface area contributed by atoms with Crippen LogP contribution in [0.2, 0.25) is 4.47 Å². The van der Waals surface area contributed by atoms with Gasteiger partial charge in [0.25, 0.3) is 0 Å². The fourth-order valence-electron chi connectivity index (χ4n) is 4.77. The Morgan fingerprint density at radius 1 is 1.20 bits per heavy atom. The molecule has 0 bridgehead atoms. The maximum Gasteiger partial charge on any atom is 0.184 e. The van der Waals surface area contributed by atoms with Crippen LogP contribution in [0.25, 0.3) is 0 Å². The summed E-state index contributed by atoms with van der Waals surface area (Å²) in [5.41, 5.74) is 4.14. The number of aromatic nitrogens is 1. The standard InChI is InChI=1S/C21H22ClNOS/c1-4-21(14-8-6-5-7-9-14)17-13(11-20(2,3)12-16(17)24)10-15-18(21)25-19(22)23-15/h5-9H,4,10-12H2,1-3H3/t21-/m1/s1. The van der Waals surface area contributed by atoms with E-state index in [1.807, 2.05) is 6.07 Å². The van der Waals surface area contributed by atoms with Crippen molar-refractivity contribution in [3.8, 4) is 0 Å². The van der Waals surface area contributed by atoms with Crippen LogP contribution in [0.4, 0.5) is 0 Å². The summed E-state index contributed by atoms with van der Waals surface area (Å²) >= 11 is 7.86. The highest BCUT2D eigenvalue weighted by molar-refractivity contribution is 7.16. The number of Topliss-reactive ketones (excluding diaryl/α,β-unsaturated/α-hetero) is 1. The van der Waals surface area contributed by atoms with E-state index in [0.717, 1.165) is 35.4 Å². The zero-order valence-corrected chi connectivity index (χ0v) is 16.4. The molecule has 0 amide bonds. The van der Waals surface area contributed by atoms with E-state index >= 15 is 0 Å². The van der Waals surface area contributed by atoms with Crippen LogP contribution in [0.15, 0.2) is 41.5 Å². The van der Waals surface area contributed by atoms with Crippen molar-refractivity contribution in [2.24, 2.45) is 5.41 Å². The number of hydrogen-bond donors (Lipinski definition) is 0. The van der Waals surface area contributed by atoms with Gasteiger partial charge in [0.2, 0.25) is 0 Å².